The van der Waals surface area contributed by atoms with Crippen LogP contribution in [0.3, 0.4) is 0 Å². The molecule has 0 aromatic heterocycles. The van der Waals surface area contributed by atoms with Crippen molar-refractivity contribution in [3.63, 3.8) is 0 Å². The first-order valence-electron chi connectivity index (χ1n) is 6.20. The van der Waals surface area contributed by atoms with Gasteiger partial charge >= 0.3 is 11.9 Å². The molecule has 0 aliphatic carbocycles. The number of esters is 1. The molecule has 1 atom stereocenters. The lowest BCUT2D eigenvalue weighted by Gasteiger charge is -2.13. The van der Waals surface area contributed by atoms with Crippen molar-refractivity contribution in [1.82, 2.24) is 4.72 Å². The molecule has 0 saturated carbocycles. The van der Waals surface area contributed by atoms with E-state index in [-0.39, 0.29) is 31.6 Å². The standard InChI is InChI=1S/C11H21NO6S/c1-3-6-9(11(14)15)12-19(16,17)8-5-7-10(13)18-4-2/h9,12H,3-8H2,1-2H3,(H,14,15). The van der Waals surface area contributed by atoms with Crippen LogP contribution in [0.15, 0.2) is 0 Å². The van der Waals surface area contributed by atoms with Gasteiger partial charge in [0.05, 0.1) is 12.4 Å². The van der Waals surface area contributed by atoms with Crippen molar-refractivity contribution in [2.24, 2.45) is 0 Å². The van der Waals surface area contributed by atoms with E-state index >= 15 is 0 Å². The maximum Gasteiger partial charge on any atom is 0.321 e. The van der Waals surface area contributed by atoms with Crippen LogP contribution in [0.25, 0.3) is 0 Å². The Morgan fingerprint density at radius 2 is 1.95 bits per heavy atom. The van der Waals surface area contributed by atoms with E-state index in [4.69, 9.17) is 5.11 Å². The molecule has 0 rings (SSSR count). The maximum absolute atomic E-state index is 11.6. The second kappa shape index (κ2) is 8.87. The first-order valence-corrected chi connectivity index (χ1v) is 7.86. The van der Waals surface area contributed by atoms with E-state index in [0.717, 1.165) is 0 Å². The number of carbonyl (C=O) groups excluding carboxylic acids is 1. The Bertz CT molecular complexity index is 392. The SMILES string of the molecule is CCCC(NS(=O)(=O)CCCC(=O)OCC)C(=O)O. The number of hydrogen-bond donors (Lipinski definition) is 2. The molecule has 7 nitrogen and oxygen atoms in total. The molecule has 0 aromatic carbocycles. The summed E-state index contributed by atoms with van der Waals surface area (Å²) in [6.07, 6.45) is 0.891. The van der Waals surface area contributed by atoms with Crippen LogP contribution in [0.5, 0.6) is 0 Å². The van der Waals surface area contributed by atoms with E-state index in [2.05, 4.69) is 9.46 Å². The zero-order valence-electron chi connectivity index (χ0n) is 11.2. The highest BCUT2D eigenvalue weighted by molar-refractivity contribution is 7.89. The normalized spacial score (nSPS) is 12.9. The zero-order chi connectivity index (χ0) is 14.9. The smallest absolute Gasteiger partial charge is 0.321 e. The molecule has 0 fully saturated rings. The van der Waals surface area contributed by atoms with Gasteiger partial charge in [0.25, 0.3) is 0 Å². The lowest BCUT2D eigenvalue weighted by molar-refractivity contribution is -0.143. The first kappa shape index (κ1) is 17.8. The van der Waals surface area contributed by atoms with Gasteiger partial charge in [-0.3, -0.25) is 9.59 Å². The number of carboxylic acid groups (broad SMARTS) is 1. The van der Waals surface area contributed by atoms with Crippen molar-refractivity contribution >= 4 is 22.0 Å². The quantitative estimate of drug-likeness (QED) is 0.568. The summed E-state index contributed by atoms with van der Waals surface area (Å²) in [5, 5.41) is 8.85. The van der Waals surface area contributed by atoms with Crippen LogP contribution in [0.4, 0.5) is 0 Å². The van der Waals surface area contributed by atoms with Gasteiger partial charge in [0, 0.05) is 6.42 Å². The molecule has 0 bridgehead atoms. The fourth-order valence-corrected chi connectivity index (χ4v) is 2.73. The lowest BCUT2D eigenvalue weighted by Crippen LogP contribution is -2.41. The summed E-state index contributed by atoms with van der Waals surface area (Å²) in [5.41, 5.74) is 0. The van der Waals surface area contributed by atoms with Gasteiger partial charge in [-0.05, 0) is 19.8 Å². The van der Waals surface area contributed by atoms with Gasteiger partial charge in [-0.15, -0.1) is 0 Å². The Morgan fingerprint density at radius 3 is 2.42 bits per heavy atom. The van der Waals surface area contributed by atoms with Crippen LogP contribution in [-0.4, -0.2) is 43.9 Å². The minimum Gasteiger partial charge on any atom is -0.480 e. The highest BCUT2D eigenvalue weighted by atomic mass is 32.2. The number of hydrogen-bond acceptors (Lipinski definition) is 5. The molecule has 2 N–H and O–H groups in total. The molecule has 0 aromatic rings. The molecule has 19 heavy (non-hydrogen) atoms. The van der Waals surface area contributed by atoms with Crippen LogP contribution in [0.1, 0.15) is 39.5 Å². The third kappa shape index (κ3) is 8.55. The van der Waals surface area contributed by atoms with Gasteiger partial charge in [-0.1, -0.05) is 13.3 Å². The third-order valence-electron chi connectivity index (χ3n) is 2.30. The summed E-state index contributed by atoms with van der Waals surface area (Å²) in [4.78, 5) is 21.9. The van der Waals surface area contributed by atoms with Crippen molar-refractivity contribution in [3.05, 3.63) is 0 Å². The van der Waals surface area contributed by atoms with E-state index in [0.29, 0.717) is 6.42 Å². The number of nitrogens with one attached hydrogen (secondary N) is 1. The largest absolute Gasteiger partial charge is 0.480 e. The second-order valence-corrected chi connectivity index (χ2v) is 5.90. The summed E-state index contributed by atoms with van der Waals surface area (Å²) in [6, 6.07) is -1.11. The molecule has 0 aliphatic heterocycles. The molecule has 0 amide bonds. The predicted octanol–water partition coefficient (Wildman–Crippen LogP) is 0.502. The zero-order valence-corrected chi connectivity index (χ0v) is 12.0. The Labute approximate surface area is 113 Å². The van der Waals surface area contributed by atoms with E-state index in [1.807, 2.05) is 0 Å². The van der Waals surface area contributed by atoms with Crippen molar-refractivity contribution in [1.29, 1.82) is 0 Å². The van der Waals surface area contributed by atoms with E-state index in [1.165, 1.54) is 0 Å². The predicted molar refractivity (Wildman–Crippen MR) is 69.1 cm³/mol. The van der Waals surface area contributed by atoms with E-state index < -0.39 is 28.0 Å². The maximum atomic E-state index is 11.6. The fourth-order valence-electron chi connectivity index (χ4n) is 1.44. The van der Waals surface area contributed by atoms with Crippen LogP contribution in [0.2, 0.25) is 0 Å². The minimum absolute atomic E-state index is 0.000264. The fraction of sp³-hybridized carbons (Fsp3) is 0.818. The average Bonchev–Trinajstić information content (AvgIpc) is 2.28. The molecule has 1 unspecified atom stereocenters. The number of sulfonamides is 1. The molecular weight excluding hydrogens is 274 g/mol. The van der Waals surface area contributed by atoms with Gasteiger partial charge in [-0.2, -0.15) is 0 Å². The van der Waals surface area contributed by atoms with Gasteiger partial charge < -0.3 is 9.84 Å². The summed E-state index contributed by atoms with van der Waals surface area (Å²) >= 11 is 0. The van der Waals surface area contributed by atoms with Gasteiger partial charge in [0.2, 0.25) is 10.0 Å². The number of aliphatic carboxylic acids is 1. The molecule has 0 heterocycles. The molecular formula is C11H21NO6S. The number of rotatable bonds is 10. The van der Waals surface area contributed by atoms with Crippen molar-refractivity contribution in [3.8, 4) is 0 Å². The molecule has 0 radical (unpaired) electrons. The van der Waals surface area contributed by atoms with Gasteiger partial charge in [-0.25, -0.2) is 13.1 Å². The number of ether oxygens (including phenoxy) is 1. The van der Waals surface area contributed by atoms with Gasteiger partial charge in [0.15, 0.2) is 0 Å². The van der Waals surface area contributed by atoms with Crippen molar-refractivity contribution in [2.45, 2.75) is 45.6 Å². The number of carboxylic acids is 1. The Kier molecular flexibility index (Phi) is 8.33. The summed E-state index contributed by atoms with van der Waals surface area (Å²) < 4.78 is 30.1. The molecule has 8 heteroatoms. The first-order chi connectivity index (χ1) is 8.82. The summed E-state index contributed by atoms with van der Waals surface area (Å²) in [6.45, 7) is 3.69. The van der Waals surface area contributed by atoms with E-state index in [1.54, 1.807) is 13.8 Å². The Hall–Kier alpha value is -1.15. The van der Waals surface area contributed by atoms with E-state index in [9.17, 15) is 18.0 Å². The molecule has 0 saturated heterocycles. The Balaban J connectivity index is 4.23. The second-order valence-electron chi connectivity index (χ2n) is 4.02. The average molecular weight is 295 g/mol. The molecule has 0 aliphatic rings. The van der Waals surface area contributed by atoms with Crippen LogP contribution in [-0.2, 0) is 24.3 Å². The minimum atomic E-state index is -3.70. The monoisotopic (exact) mass is 295 g/mol. The number of carbonyl (C=O) groups is 2. The topological polar surface area (TPSA) is 110 Å². The molecule has 112 valence electrons. The van der Waals surface area contributed by atoms with Crippen LogP contribution >= 0.6 is 0 Å². The third-order valence-corrected chi connectivity index (χ3v) is 3.77. The summed E-state index contributed by atoms with van der Waals surface area (Å²) in [7, 11) is -3.70. The lowest BCUT2D eigenvalue weighted by atomic mass is 10.2. The van der Waals surface area contributed by atoms with Gasteiger partial charge in [0.1, 0.15) is 6.04 Å². The van der Waals surface area contributed by atoms with Crippen LogP contribution in [0, 0.1) is 0 Å². The summed E-state index contributed by atoms with van der Waals surface area (Å²) in [5.74, 6) is -1.95. The Morgan fingerprint density at radius 1 is 1.32 bits per heavy atom. The highest BCUT2D eigenvalue weighted by Crippen LogP contribution is 2.02. The van der Waals surface area contributed by atoms with Crippen LogP contribution < -0.4 is 4.72 Å². The molecule has 0 spiro atoms. The van der Waals surface area contributed by atoms with Crippen molar-refractivity contribution in [2.75, 3.05) is 12.4 Å². The highest BCUT2D eigenvalue weighted by Gasteiger charge is 2.23. The van der Waals surface area contributed by atoms with Crippen molar-refractivity contribution < 1.29 is 27.9 Å².